The third kappa shape index (κ3) is 3.57. The molecule has 0 bridgehead atoms. The highest BCUT2D eigenvalue weighted by molar-refractivity contribution is 7.99. The van der Waals surface area contributed by atoms with Crippen molar-refractivity contribution in [3.8, 4) is 0 Å². The molecular formula is C11H13F2NOS. The van der Waals surface area contributed by atoms with Gasteiger partial charge in [-0.25, -0.2) is 8.78 Å². The average molecular weight is 245 g/mol. The van der Waals surface area contributed by atoms with Crippen LogP contribution < -0.4 is 5.73 Å². The van der Waals surface area contributed by atoms with Crippen LogP contribution in [0.3, 0.4) is 0 Å². The first-order valence-electron chi connectivity index (χ1n) is 4.82. The van der Waals surface area contributed by atoms with Crippen molar-refractivity contribution in [3.05, 3.63) is 29.8 Å². The molecule has 1 unspecified atom stereocenters. The third-order valence-corrected chi connectivity index (χ3v) is 3.02. The Balaban J connectivity index is 2.87. The Morgan fingerprint density at radius 1 is 1.44 bits per heavy atom. The summed E-state index contributed by atoms with van der Waals surface area (Å²) in [4.78, 5) is 12.2. The zero-order valence-corrected chi connectivity index (χ0v) is 9.64. The first-order chi connectivity index (χ1) is 7.52. The Labute approximate surface area is 97.2 Å². The van der Waals surface area contributed by atoms with Gasteiger partial charge < -0.3 is 5.73 Å². The van der Waals surface area contributed by atoms with E-state index in [4.69, 9.17) is 5.73 Å². The predicted molar refractivity (Wildman–Crippen MR) is 61.1 cm³/mol. The molecule has 0 fully saturated rings. The summed E-state index contributed by atoms with van der Waals surface area (Å²) in [6.07, 6.45) is -2.39. The lowest BCUT2D eigenvalue weighted by Crippen LogP contribution is -2.27. The molecule has 5 heteroatoms. The molecule has 16 heavy (non-hydrogen) atoms. The highest BCUT2D eigenvalue weighted by atomic mass is 32.2. The molecule has 0 aromatic heterocycles. The number of hydrogen-bond acceptors (Lipinski definition) is 3. The molecule has 0 saturated carbocycles. The Bertz CT molecular complexity index is 369. The first kappa shape index (κ1) is 13.1. The second-order valence-corrected chi connectivity index (χ2v) is 4.41. The van der Waals surface area contributed by atoms with Gasteiger partial charge in [-0.2, -0.15) is 0 Å². The molecule has 2 N–H and O–H groups in total. The van der Waals surface area contributed by atoms with Crippen molar-refractivity contribution < 1.29 is 13.6 Å². The highest BCUT2D eigenvalue weighted by Gasteiger charge is 2.15. The lowest BCUT2D eigenvalue weighted by molar-refractivity contribution is 0.0965. The van der Waals surface area contributed by atoms with Crippen molar-refractivity contribution in [1.29, 1.82) is 0 Å². The molecule has 88 valence electrons. The van der Waals surface area contributed by atoms with Crippen LogP contribution in [0.25, 0.3) is 0 Å². The van der Waals surface area contributed by atoms with E-state index in [0.717, 1.165) is 11.8 Å². The van der Waals surface area contributed by atoms with E-state index in [-0.39, 0.29) is 11.5 Å². The Kier molecular flexibility index (Phi) is 4.89. The van der Waals surface area contributed by atoms with Gasteiger partial charge in [0, 0.05) is 10.5 Å². The monoisotopic (exact) mass is 245 g/mol. The number of hydrogen-bond donors (Lipinski definition) is 1. The van der Waals surface area contributed by atoms with Gasteiger partial charge in [0.15, 0.2) is 5.78 Å². The maximum absolute atomic E-state index is 12.1. The predicted octanol–water partition coefficient (Wildman–Crippen LogP) is 2.57. The molecule has 0 spiro atoms. The molecule has 1 aromatic carbocycles. The Hall–Kier alpha value is -0.940. The topological polar surface area (TPSA) is 43.1 Å². The maximum atomic E-state index is 12.1. The molecule has 1 rings (SSSR count). The summed E-state index contributed by atoms with van der Waals surface area (Å²) in [6.45, 7) is 1.58. The molecule has 1 atom stereocenters. The number of carbonyl (C=O) groups excluding carboxylic acids is 1. The number of rotatable bonds is 5. The summed E-state index contributed by atoms with van der Waals surface area (Å²) in [7, 11) is 0. The molecule has 0 aliphatic rings. The van der Waals surface area contributed by atoms with Gasteiger partial charge in [0.05, 0.1) is 11.8 Å². The van der Waals surface area contributed by atoms with Crippen molar-refractivity contribution in [1.82, 2.24) is 0 Å². The van der Waals surface area contributed by atoms with Crippen LogP contribution in [0.5, 0.6) is 0 Å². The fraction of sp³-hybridized carbons (Fsp3) is 0.364. The largest absolute Gasteiger partial charge is 0.321 e. The minimum atomic E-state index is -2.39. The summed E-state index contributed by atoms with van der Waals surface area (Å²) in [5.41, 5.74) is 5.91. The molecule has 0 saturated heterocycles. The smallest absolute Gasteiger partial charge is 0.247 e. The van der Waals surface area contributed by atoms with Gasteiger partial charge >= 0.3 is 0 Å². The zero-order chi connectivity index (χ0) is 12.1. The maximum Gasteiger partial charge on any atom is 0.247 e. The molecule has 0 aliphatic carbocycles. The van der Waals surface area contributed by atoms with Gasteiger partial charge in [0.2, 0.25) is 6.43 Å². The Morgan fingerprint density at radius 3 is 2.62 bits per heavy atom. The summed E-state index contributed by atoms with van der Waals surface area (Å²) in [5, 5.41) is 0. The number of halogens is 2. The van der Waals surface area contributed by atoms with Gasteiger partial charge in [-0.3, -0.25) is 4.79 Å². The number of thioether (sulfide) groups is 1. The zero-order valence-electron chi connectivity index (χ0n) is 8.82. The van der Waals surface area contributed by atoms with Crippen LogP contribution >= 0.6 is 11.8 Å². The fourth-order valence-electron chi connectivity index (χ4n) is 1.19. The van der Waals surface area contributed by atoms with Crippen LogP contribution in [-0.4, -0.2) is 24.0 Å². The fourth-order valence-corrected chi connectivity index (χ4v) is 2.00. The van der Waals surface area contributed by atoms with Crippen LogP contribution in [0.1, 0.15) is 17.3 Å². The van der Waals surface area contributed by atoms with Gasteiger partial charge in [-0.05, 0) is 13.0 Å². The number of ketones is 1. The van der Waals surface area contributed by atoms with Gasteiger partial charge in [-0.1, -0.05) is 18.2 Å². The number of Topliss-reactive ketones (excluding diaryl/α,β-unsaturated/α-hetero) is 1. The number of alkyl halides is 2. The molecule has 0 aliphatic heterocycles. The van der Waals surface area contributed by atoms with E-state index in [2.05, 4.69) is 0 Å². The van der Waals surface area contributed by atoms with E-state index < -0.39 is 12.5 Å². The molecule has 0 radical (unpaired) electrons. The van der Waals surface area contributed by atoms with Gasteiger partial charge in [0.25, 0.3) is 0 Å². The minimum Gasteiger partial charge on any atom is -0.321 e. The SMILES string of the molecule is CC(N)C(=O)c1ccccc1SCC(F)F. The second kappa shape index (κ2) is 5.96. The van der Waals surface area contributed by atoms with Crippen LogP contribution in [0, 0.1) is 0 Å². The van der Waals surface area contributed by atoms with Crippen LogP contribution in [0.15, 0.2) is 29.2 Å². The summed E-state index contributed by atoms with van der Waals surface area (Å²) in [6, 6.07) is 6.06. The normalized spacial score (nSPS) is 12.8. The van der Waals surface area contributed by atoms with E-state index in [1.807, 2.05) is 0 Å². The lowest BCUT2D eigenvalue weighted by atomic mass is 10.1. The van der Waals surface area contributed by atoms with E-state index in [1.54, 1.807) is 31.2 Å². The quantitative estimate of drug-likeness (QED) is 0.640. The highest BCUT2D eigenvalue weighted by Crippen LogP contribution is 2.25. The molecule has 2 nitrogen and oxygen atoms in total. The van der Waals surface area contributed by atoms with Crippen molar-refractivity contribution in [2.45, 2.75) is 24.3 Å². The standard InChI is InChI=1S/C11H13F2NOS/c1-7(14)11(15)8-4-2-3-5-9(8)16-6-10(12)13/h2-5,7,10H,6,14H2,1H3. The van der Waals surface area contributed by atoms with Crippen molar-refractivity contribution in [2.75, 3.05) is 5.75 Å². The summed E-state index contributed by atoms with van der Waals surface area (Å²) < 4.78 is 24.2. The average Bonchev–Trinajstić information content (AvgIpc) is 2.25. The first-order valence-corrected chi connectivity index (χ1v) is 5.80. The van der Waals surface area contributed by atoms with Crippen LogP contribution in [-0.2, 0) is 0 Å². The van der Waals surface area contributed by atoms with Crippen molar-refractivity contribution in [3.63, 3.8) is 0 Å². The van der Waals surface area contributed by atoms with Crippen molar-refractivity contribution in [2.24, 2.45) is 5.73 Å². The number of nitrogens with two attached hydrogens (primary N) is 1. The summed E-state index contributed by atoms with van der Waals surface area (Å²) in [5.74, 6) is -0.541. The molecule has 0 amide bonds. The van der Waals surface area contributed by atoms with E-state index >= 15 is 0 Å². The lowest BCUT2D eigenvalue weighted by Gasteiger charge is -2.09. The molecule has 1 aromatic rings. The summed E-state index contributed by atoms with van der Waals surface area (Å²) >= 11 is 0.974. The van der Waals surface area contributed by atoms with Crippen LogP contribution in [0.2, 0.25) is 0 Å². The number of benzene rings is 1. The Morgan fingerprint density at radius 2 is 2.06 bits per heavy atom. The van der Waals surface area contributed by atoms with Gasteiger partial charge in [-0.15, -0.1) is 11.8 Å². The molecule has 0 heterocycles. The van der Waals surface area contributed by atoms with Crippen molar-refractivity contribution >= 4 is 17.5 Å². The number of carbonyl (C=O) groups is 1. The van der Waals surface area contributed by atoms with E-state index in [0.29, 0.717) is 10.5 Å². The van der Waals surface area contributed by atoms with E-state index in [1.165, 1.54) is 0 Å². The van der Waals surface area contributed by atoms with Gasteiger partial charge in [0.1, 0.15) is 0 Å². The minimum absolute atomic E-state index is 0.225. The van der Waals surface area contributed by atoms with E-state index in [9.17, 15) is 13.6 Å². The molecular weight excluding hydrogens is 232 g/mol. The third-order valence-electron chi connectivity index (χ3n) is 1.93. The van der Waals surface area contributed by atoms with Crippen LogP contribution in [0.4, 0.5) is 8.78 Å². The second-order valence-electron chi connectivity index (χ2n) is 3.35.